The zero-order chi connectivity index (χ0) is 20.8. The molecule has 1 N–H and O–H groups in total. The third-order valence-corrected chi connectivity index (χ3v) is 5.09. The summed E-state index contributed by atoms with van der Waals surface area (Å²) in [6.07, 6.45) is 6.59. The van der Waals surface area contributed by atoms with Crippen LogP contribution in [0.4, 0.5) is 5.69 Å². The van der Waals surface area contributed by atoms with Gasteiger partial charge in [0.1, 0.15) is 0 Å². The second-order valence-corrected chi connectivity index (χ2v) is 7.32. The molecular formula is C22H29N5O2. The van der Waals surface area contributed by atoms with Gasteiger partial charge in [0.25, 0.3) is 5.91 Å². The van der Waals surface area contributed by atoms with Crippen LogP contribution in [0, 0.1) is 11.8 Å². The summed E-state index contributed by atoms with van der Waals surface area (Å²) in [4.78, 5) is 32.1. The number of anilines is 1. The van der Waals surface area contributed by atoms with Crippen LogP contribution in [-0.2, 0) is 17.9 Å². The van der Waals surface area contributed by atoms with Gasteiger partial charge < -0.3 is 10.2 Å². The van der Waals surface area contributed by atoms with Crippen LogP contribution < -0.4 is 5.32 Å². The Morgan fingerprint density at radius 1 is 1.24 bits per heavy atom. The molecular weight excluding hydrogens is 366 g/mol. The van der Waals surface area contributed by atoms with Gasteiger partial charge in [0.15, 0.2) is 5.65 Å². The number of pyridine rings is 1. The van der Waals surface area contributed by atoms with Gasteiger partial charge in [-0.2, -0.15) is 5.10 Å². The third-order valence-electron chi connectivity index (χ3n) is 5.09. The quantitative estimate of drug-likeness (QED) is 0.518. The molecule has 0 saturated carbocycles. The van der Waals surface area contributed by atoms with E-state index in [1.165, 1.54) is 0 Å². The number of nitrogens with zero attached hydrogens (tertiary/aromatic N) is 4. The maximum atomic E-state index is 13.0. The molecule has 7 heteroatoms. The first-order valence-electron chi connectivity index (χ1n) is 10.5. The normalized spacial score (nSPS) is 12.8. The van der Waals surface area contributed by atoms with Crippen LogP contribution in [-0.4, -0.2) is 38.0 Å². The summed E-state index contributed by atoms with van der Waals surface area (Å²) in [5, 5.41) is 8.16. The van der Waals surface area contributed by atoms with Crippen molar-refractivity contribution in [2.45, 2.75) is 72.4 Å². The van der Waals surface area contributed by atoms with Gasteiger partial charge in [-0.25, -0.2) is 9.67 Å². The molecule has 2 amide bonds. The maximum absolute atomic E-state index is 13.0. The van der Waals surface area contributed by atoms with Gasteiger partial charge in [0.05, 0.1) is 41.6 Å². The van der Waals surface area contributed by atoms with E-state index >= 15 is 0 Å². The first-order valence-corrected chi connectivity index (χ1v) is 10.5. The zero-order valence-corrected chi connectivity index (χ0v) is 17.5. The average Bonchev–Trinajstić information content (AvgIpc) is 3.24. The molecule has 7 nitrogen and oxygen atoms in total. The van der Waals surface area contributed by atoms with Crippen molar-refractivity contribution in [3.63, 3.8) is 0 Å². The Morgan fingerprint density at radius 3 is 2.79 bits per heavy atom. The minimum absolute atomic E-state index is 0.0651. The van der Waals surface area contributed by atoms with Crippen molar-refractivity contribution in [3.8, 4) is 11.8 Å². The minimum atomic E-state index is -0.0699. The van der Waals surface area contributed by atoms with Crippen molar-refractivity contribution < 1.29 is 9.59 Å². The Hall–Kier alpha value is -2.88. The van der Waals surface area contributed by atoms with Crippen molar-refractivity contribution in [2.75, 3.05) is 11.9 Å². The minimum Gasteiger partial charge on any atom is -0.333 e. The molecule has 154 valence electrons. The van der Waals surface area contributed by atoms with E-state index in [0.29, 0.717) is 60.5 Å². The molecule has 1 aliphatic heterocycles. The molecule has 0 fully saturated rings. The van der Waals surface area contributed by atoms with Crippen molar-refractivity contribution in [3.05, 3.63) is 17.5 Å². The van der Waals surface area contributed by atoms with Gasteiger partial charge in [0, 0.05) is 19.4 Å². The fraction of sp³-hybridized carbons (Fsp3) is 0.545. The summed E-state index contributed by atoms with van der Waals surface area (Å²) in [6.45, 7) is 7.72. The molecule has 1 aliphatic rings. The second kappa shape index (κ2) is 9.55. The fourth-order valence-corrected chi connectivity index (χ4v) is 3.66. The van der Waals surface area contributed by atoms with E-state index in [2.05, 4.69) is 29.2 Å². The maximum Gasteiger partial charge on any atom is 0.258 e. The predicted octanol–water partition coefficient (Wildman–Crippen LogP) is 3.73. The van der Waals surface area contributed by atoms with E-state index in [4.69, 9.17) is 4.98 Å². The largest absolute Gasteiger partial charge is 0.333 e. The lowest BCUT2D eigenvalue weighted by molar-refractivity contribution is -0.116. The molecule has 29 heavy (non-hydrogen) atoms. The van der Waals surface area contributed by atoms with Crippen LogP contribution in [0.1, 0.15) is 75.3 Å². The van der Waals surface area contributed by atoms with Gasteiger partial charge in [-0.3, -0.25) is 9.59 Å². The molecule has 2 aromatic rings. The van der Waals surface area contributed by atoms with Gasteiger partial charge in [-0.1, -0.05) is 26.7 Å². The molecule has 0 bridgehead atoms. The summed E-state index contributed by atoms with van der Waals surface area (Å²) in [6, 6.07) is 0. The Morgan fingerprint density at radius 2 is 2.07 bits per heavy atom. The molecule has 3 heterocycles. The Kier molecular flexibility index (Phi) is 6.86. The van der Waals surface area contributed by atoms with Gasteiger partial charge in [-0.15, -0.1) is 11.8 Å². The molecule has 3 rings (SSSR count). The van der Waals surface area contributed by atoms with E-state index < -0.39 is 0 Å². The van der Waals surface area contributed by atoms with E-state index in [-0.39, 0.29) is 11.8 Å². The van der Waals surface area contributed by atoms with Crippen LogP contribution in [0.3, 0.4) is 0 Å². The smallest absolute Gasteiger partial charge is 0.258 e. The van der Waals surface area contributed by atoms with Crippen molar-refractivity contribution in [1.29, 1.82) is 0 Å². The number of nitrogens with one attached hydrogen (secondary N) is 1. The third kappa shape index (κ3) is 4.42. The van der Waals surface area contributed by atoms with Crippen molar-refractivity contribution in [2.24, 2.45) is 0 Å². The van der Waals surface area contributed by atoms with Crippen LogP contribution in [0.25, 0.3) is 11.0 Å². The molecule has 0 spiro atoms. The van der Waals surface area contributed by atoms with Crippen LogP contribution in [0.2, 0.25) is 0 Å². The number of unbranched alkanes of at least 4 members (excludes halogenated alkanes) is 2. The number of fused-ring (bicyclic) bond motifs is 2. The lowest BCUT2D eigenvalue weighted by atomic mass is 10.1. The van der Waals surface area contributed by atoms with E-state index in [9.17, 15) is 9.59 Å². The summed E-state index contributed by atoms with van der Waals surface area (Å²) < 4.78 is 1.81. The highest BCUT2D eigenvalue weighted by molar-refractivity contribution is 6.13. The topological polar surface area (TPSA) is 80.1 Å². The Bertz CT molecular complexity index is 967. The molecule has 0 aliphatic carbocycles. The number of amides is 2. The van der Waals surface area contributed by atoms with Crippen LogP contribution in [0.15, 0.2) is 6.20 Å². The second-order valence-electron chi connectivity index (χ2n) is 7.32. The number of carbonyl (C=O) groups is 2. The number of aromatic nitrogens is 3. The molecule has 0 radical (unpaired) electrons. The van der Waals surface area contributed by atoms with E-state index in [1.807, 2.05) is 13.8 Å². The van der Waals surface area contributed by atoms with Gasteiger partial charge >= 0.3 is 0 Å². The fourth-order valence-electron chi connectivity index (χ4n) is 3.66. The molecule has 0 unspecified atom stereocenters. The first-order chi connectivity index (χ1) is 14.1. The predicted molar refractivity (Wildman–Crippen MR) is 113 cm³/mol. The van der Waals surface area contributed by atoms with Crippen LogP contribution >= 0.6 is 0 Å². The summed E-state index contributed by atoms with van der Waals surface area (Å²) >= 11 is 0. The van der Waals surface area contributed by atoms with Gasteiger partial charge in [0.2, 0.25) is 5.91 Å². The number of hydrogen-bond acceptors (Lipinski definition) is 4. The number of carbonyl (C=O) groups excluding carboxylic acids is 2. The monoisotopic (exact) mass is 395 g/mol. The van der Waals surface area contributed by atoms with Crippen LogP contribution in [0.5, 0.6) is 0 Å². The van der Waals surface area contributed by atoms with Gasteiger partial charge in [-0.05, 0) is 19.8 Å². The standard InChI is InChI=1S/C22H29N5O2/c1-4-7-9-11-18(28)25-20-16-14-23-27(13-10-8-5-2)21(16)24-17-15-26(12-6-3)22(29)19(17)20/h14H,4,6-7,9-13,15H2,1-3H3,(H,24,25,28). The summed E-state index contributed by atoms with van der Waals surface area (Å²) in [5.74, 6) is 5.79. The van der Waals surface area contributed by atoms with E-state index in [0.717, 1.165) is 25.7 Å². The Labute approximate surface area is 171 Å². The highest BCUT2D eigenvalue weighted by atomic mass is 16.2. The summed E-state index contributed by atoms with van der Waals surface area (Å²) in [5.41, 5.74) is 2.48. The molecule has 0 atom stereocenters. The average molecular weight is 396 g/mol. The van der Waals surface area contributed by atoms with Crippen molar-refractivity contribution >= 4 is 28.5 Å². The molecule has 2 aromatic heterocycles. The number of rotatable bonds is 9. The van der Waals surface area contributed by atoms with E-state index in [1.54, 1.807) is 15.8 Å². The van der Waals surface area contributed by atoms with Crippen molar-refractivity contribution in [1.82, 2.24) is 19.7 Å². The lowest BCUT2D eigenvalue weighted by Crippen LogP contribution is -2.25. The summed E-state index contributed by atoms with van der Waals surface area (Å²) in [7, 11) is 0. The molecule has 0 saturated heterocycles. The Balaban J connectivity index is 2.00. The highest BCUT2D eigenvalue weighted by Gasteiger charge is 2.33. The molecule has 0 aromatic carbocycles. The SMILES string of the molecule is CC#CCCn1ncc2c(NC(=O)CCCCC)c3c(nc21)CN(CCC)C3=O. The number of aryl methyl sites for hydroxylation is 1. The number of hydrogen-bond donors (Lipinski definition) is 1. The first kappa shape index (κ1) is 20.8. The lowest BCUT2D eigenvalue weighted by Gasteiger charge is -2.14. The zero-order valence-electron chi connectivity index (χ0n) is 17.5. The highest BCUT2D eigenvalue weighted by Crippen LogP contribution is 2.34.